The molecule has 0 saturated carbocycles. The second kappa shape index (κ2) is 5.59. The van der Waals surface area contributed by atoms with Crippen LogP contribution in [0.4, 0.5) is 0 Å². The maximum absolute atomic E-state index is 11.6. The van der Waals surface area contributed by atoms with Crippen LogP contribution >= 0.6 is 15.9 Å². The third-order valence-corrected chi connectivity index (χ3v) is 3.55. The molecule has 0 radical (unpaired) electrons. The van der Waals surface area contributed by atoms with E-state index in [2.05, 4.69) is 30.8 Å². The minimum atomic E-state index is -3.48. The van der Waals surface area contributed by atoms with Gasteiger partial charge in [0.05, 0.1) is 17.6 Å². The van der Waals surface area contributed by atoms with E-state index < -0.39 is 10.0 Å². The highest BCUT2D eigenvalue weighted by molar-refractivity contribution is 9.09. The normalized spacial score (nSPS) is 14.0. The van der Waals surface area contributed by atoms with Gasteiger partial charge in [-0.3, -0.25) is 5.10 Å². The molecule has 1 aromatic rings. The molecule has 0 aliphatic heterocycles. The summed E-state index contributed by atoms with van der Waals surface area (Å²) in [6.45, 7) is 0.695. The molecule has 1 heterocycles. The van der Waals surface area contributed by atoms with Crippen molar-refractivity contribution >= 4 is 26.0 Å². The van der Waals surface area contributed by atoms with Gasteiger partial charge < -0.3 is 4.74 Å². The number of rotatable bonds is 6. The summed E-state index contributed by atoms with van der Waals surface area (Å²) < 4.78 is 30.4. The highest BCUT2D eigenvalue weighted by Crippen LogP contribution is 2.04. The maximum Gasteiger partial charge on any atom is 0.257 e. The zero-order valence-electron chi connectivity index (χ0n) is 8.10. The van der Waals surface area contributed by atoms with Gasteiger partial charge in [0.2, 0.25) is 0 Å². The number of sulfonamides is 1. The predicted molar refractivity (Wildman–Crippen MR) is 58.4 cm³/mol. The van der Waals surface area contributed by atoms with Crippen LogP contribution in [0.2, 0.25) is 0 Å². The minimum absolute atomic E-state index is 0.0552. The number of aromatic amines is 1. The van der Waals surface area contributed by atoms with E-state index in [1.807, 2.05) is 0 Å². The van der Waals surface area contributed by atoms with E-state index in [0.29, 0.717) is 6.61 Å². The Labute approximate surface area is 96.6 Å². The summed E-state index contributed by atoms with van der Waals surface area (Å²) >= 11 is 3.28. The van der Waals surface area contributed by atoms with Crippen LogP contribution in [0.3, 0.4) is 0 Å². The molecule has 0 spiro atoms. The molecule has 86 valence electrons. The van der Waals surface area contributed by atoms with E-state index >= 15 is 0 Å². The third kappa shape index (κ3) is 3.90. The van der Waals surface area contributed by atoms with Gasteiger partial charge in [-0.2, -0.15) is 5.10 Å². The molecule has 1 rings (SSSR count). The Morgan fingerprint density at radius 3 is 3.00 bits per heavy atom. The minimum Gasteiger partial charge on any atom is -0.383 e. The van der Waals surface area contributed by atoms with Crippen LogP contribution in [-0.2, 0) is 14.8 Å². The van der Waals surface area contributed by atoms with E-state index in [1.54, 1.807) is 7.11 Å². The van der Waals surface area contributed by atoms with Crippen molar-refractivity contribution in [2.45, 2.75) is 9.85 Å². The Morgan fingerprint density at radius 1 is 1.73 bits per heavy atom. The number of ether oxygens (including phenoxy) is 1. The van der Waals surface area contributed by atoms with Crippen molar-refractivity contribution in [1.29, 1.82) is 0 Å². The Hall–Kier alpha value is -0.440. The molecular weight excluding hydrogens is 286 g/mol. The number of hydrogen-bond acceptors (Lipinski definition) is 4. The fourth-order valence-electron chi connectivity index (χ4n) is 0.910. The second-order valence-corrected chi connectivity index (χ2v) is 5.86. The summed E-state index contributed by atoms with van der Waals surface area (Å²) in [5.41, 5.74) is 0. The van der Waals surface area contributed by atoms with Crippen molar-refractivity contribution < 1.29 is 13.2 Å². The van der Waals surface area contributed by atoms with Crippen LogP contribution in [0.5, 0.6) is 0 Å². The first kappa shape index (κ1) is 12.6. The van der Waals surface area contributed by atoms with Crippen LogP contribution in [0.25, 0.3) is 0 Å². The Balaban J connectivity index is 2.52. The van der Waals surface area contributed by atoms with Crippen molar-refractivity contribution in [2.75, 3.05) is 20.3 Å². The number of nitrogens with zero attached hydrogens (tertiary/aromatic N) is 1. The number of aromatic nitrogens is 2. The molecule has 1 atom stereocenters. The molecule has 6 nitrogen and oxygen atoms in total. The SMILES string of the molecule is COCC(Br)CNS(=O)(=O)c1ccn[nH]1. The molecule has 0 bridgehead atoms. The smallest absolute Gasteiger partial charge is 0.257 e. The van der Waals surface area contributed by atoms with Gasteiger partial charge in [0.1, 0.15) is 0 Å². The zero-order chi connectivity index (χ0) is 11.3. The summed E-state index contributed by atoms with van der Waals surface area (Å²) in [7, 11) is -1.93. The predicted octanol–water partition coefficient (Wildman–Crippen LogP) is 0.0979. The highest BCUT2D eigenvalue weighted by Gasteiger charge is 2.16. The molecule has 2 N–H and O–H groups in total. The van der Waals surface area contributed by atoms with Gasteiger partial charge in [0, 0.05) is 13.7 Å². The van der Waals surface area contributed by atoms with E-state index in [9.17, 15) is 8.42 Å². The summed E-state index contributed by atoms with van der Waals surface area (Å²) in [5, 5.41) is 6.01. The van der Waals surface area contributed by atoms with Crippen LogP contribution in [0.15, 0.2) is 17.3 Å². The lowest BCUT2D eigenvalue weighted by Crippen LogP contribution is -2.31. The van der Waals surface area contributed by atoms with Crippen molar-refractivity contribution in [3.63, 3.8) is 0 Å². The number of alkyl halides is 1. The summed E-state index contributed by atoms with van der Waals surface area (Å²) in [4.78, 5) is -0.0554. The van der Waals surface area contributed by atoms with Gasteiger partial charge >= 0.3 is 0 Å². The molecule has 15 heavy (non-hydrogen) atoms. The first-order valence-corrected chi connectivity index (χ1v) is 6.58. The van der Waals surface area contributed by atoms with E-state index in [1.165, 1.54) is 12.3 Å². The van der Waals surface area contributed by atoms with Gasteiger partial charge in [0.25, 0.3) is 10.0 Å². The lowest BCUT2D eigenvalue weighted by atomic mass is 10.5. The van der Waals surface area contributed by atoms with Crippen LogP contribution < -0.4 is 4.72 Å². The largest absolute Gasteiger partial charge is 0.383 e. The molecular formula is C7H12BrN3O3S. The van der Waals surface area contributed by atoms with Gasteiger partial charge in [-0.05, 0) is 6.07 Å². The molecule has 0 amide bonds. The second-order valence-electron chi connectivity index (χ2n) is 2.83. The van der Waals surface area contributed by atoms with Crippen molar-refractivity contribution in [3.8, 4) is 0 Å². The van der Waals surface area contributed by atoms with Crippen LogP contribution in [-0.4, -0.2) is 43.7 Å². The average molecular weight is 298 g/mol. The average Bonchev–Trinajstić information content (AvgIpc) is 2.69. The molecule has 0 aliphatic rings. The molecule has 1 unspecified atom stereocenters. The summed E-state index contributed by atoms with van der Waals surface area (Å²) in [6, 6.07) is 1.39. The van der Waals surface area contributed by atoms with Crippen molar-refractivity contribution in [2.24, 2.45) is 0 Å². The van der Waals surface area contributed by atoms with E-state index in [4.69, 9.17) is 4.74 Å². The van der Waals surface area contributed by atoms with Gasteiger partial charge in [0.15, 0.2) is 5.03 Å². The molecule has 0 aliphatic carbocycles. The number of halogens is 1. The first-order chi connectivity index (χ1) is 7.06. The topological polar surface area (TPSA) is 84.1 Å². The van der Waals surface area contributed by atoms with Gasteiger partial charge in [-0.1, -0.05) is 15.9 Å². The van der Waals surface area contributed by atoms with Crippen LogP contribution in [0.1, 0.15) is 0 Å². The highest BCUT2D eigenvalue weighted by atomic mass is 79.9. The zero-order valence-corrected chi connectivity index (χ0v) is 10.5. The fourth-order valence-corrected chi connectivity index (χ4v) is 2.54. The first-order valence-electron chi connectivity index (χ1n) is 4.18. The van der Waals surface area contributed by atoms with Crippen LogP contribution in [0, 0.1) is 0 Å². The van der Waals surface area contributed by atoms with Crippen molar-refractivity contribution in [1.82, 2.24) is 14.9 Å². The quantitative estimate of drug-likeness (QED) is 0.730. The molecule has 1 aromatic heterocycles. The lowest BCUT2D eigenvalue weighted by Gasteiger charge is -2.09. The Kier molecular flexibility index (Phi) is 4.71. The Bertz CT molecular complexity index is 378. The number of methoxy groups -OCH3 is 1. The lowest BCUT2D eigenvalue weighted by molar-refractivity contribution is 0.201. The fraction of sp³-hybridized carbons (Fsp3) is 0.571. The molecule has 8 heteroatoms. The molecule has 0 fully saturated rings. The third-order valence-electron chi connectivity index (χ3n) is 1.61. The Morgan fingerprint density at radius 2 is 2.47 bits per heavy atom. The van der Waals surface area contributed by atoms with Gasteiger partial charge in [-0.15, -0.1) is 0 Å². The number of nitrogens with one attached hydrogen (secondary N) is 2. The maximum atomic E-state index is 11.6. The van der Waals surface area contributed by atoms with E-state index in [0.717, 1.165) is 0 Å². The summed E-state index contributed by atoms with van der Waals surface area (Å²) in [6.07, 6.45) is 1.38. The number of H-pyrrole nitrogens is 1. The molecule has 0 aromatic carbocycles. The summed E-state index contributed by atoms with van der Waals surface area (Å²) in [5.74, 6) is 0. The standard InChI is InChI=1S/C7H12BrN3O3S/c1-14-5-6(8)4-10-15(12,13)7-2-3-9-11-7/h2-3,6,10H,4-5H2,1H3,(H,9,11). The van der Waals surface area contributed by atoms with E-state index in [-0.39, 0.29) is 16.4 Å². The van der Waals surface area contributed by atoms with Crippen molar-refractivity contribution in [3.05, 3.63) is 12.3 Å². The molecule has 0 saturated heterocycles. The van der Waals surface area contributed by atoms with Gasteiger partial charge in [-0.25, -0.2) is 13.1 Å². The monoisotopic (exact) mass is 297 g/mol. The number of hydrogen-bond donors (Lipinski definition) is 2.